The lowest BCUT2D eigenvalue weighted by Gasteiger charge is -2.47. The third-order valence-electron chi connectivity index (χ3n) is 5.97. The van der Waals surface area contributed by atoms with Gasteiger partial charge in [-0.25, -0.2) is 4.79 Å². The van der Waals surface area contributed by atoms with Crippen LogP contribution in [0, 0.1) is 6.92 Å². The molecule has 0 atom stereocenters. The zero-order chi connectivity index (χ0) is 19.6. The molecule has 7 heteroatoms. The summed E-state index contributed by atoms with van der Waals surface area (Å²) in [5.41, 5.74) is 1.71. The van der Waals surface area contributed by atoms with Crippen LogP contribution in [0.3, 0.4) is 0 Å². The minimum atomic E-state index is -0.261. The van der Waals surface area contributed by atoms with Gasteiger partial charge < -0.3 is 14.4 Å². The lowest BCUT2D eigenvalue weighted by atomic mass is 9.87. The Morgan fingerprint density at radius 1 is 1.26 bits per heavy atom. The Labute approximate surface area is 175 Å². The fourth-order valence-electron chi connectivity index (χ4n) is 4.49. The average Bonchev–Trinajstić information content (AvgIpc) is 2.93. The van der Waals surface area contributed by atoms with Crippen LogP contribution in [0.4, 0.5) is 5.00 Å². The van der Waals surface area contributed by atoms with Crippen molar-refractivity contribution in [2.24, 2.45) is 0 Å². The molecule has 27 heavy (non-hydrogen) atoms. The van der Waals surface area contributed by atoms with E-state index in [1.807, 2.05) is 6.92 Å². The maximum Gasteiger partial charge on any atom is 0.340 e. The topological polar surface area (TPSA) is 42.0 Å². The van der Waals surface area contributed by atoms with Crippen molar-refractivity contribution in [1.29, 1.82) is 0 Å². The molecule has 1 saturated heterocycles. The summed E-state index contributed by atoms with van der Waals surface area (Å²) < 4.78 is 11.5. The van der Waals surface area contributed by atoms with Gasteiger partial charge in [-0.2, -0.15) is 0 Å². The number of rotatable bonds is 7. The van der Waals surface area contributed by atoms with Gasteiger partial charge in [0.15, 0.2) is 0 Å². The highest BCUT2D eigenvalue weighted by atomic mass is 79.9. The molecular formula is C20H31BrN2O3S. The van der Waals surface area contributed by atoms with E-state index in [2.05, 4.69) is 39.6 Å². The molecule has 0 aromatic carbocycles. The van der Waals surface area contributed by atoms with Crippen molar-refractivity contribution in [2.75, 3.05) is 38.3 Å². The number of nitrogens with zero attached hydrogens (tertiary/aromatic N) is 2. The van der Waals surface area contributed by atoms with Gasteiger partial charge in [0.1, 0.15) is 0 Å². The Morgan fingerprint density at radius 3 is 2.48 bits per heavy atom. The number of methoxy groups -OCH3 is 1. The zero-order valence-corrected chi connectivity index (χ0v) is 19.2. The number of esters is 1. The third-order valence-corrected chi connectivity index (χ3v) is 7.97. The minimum absolute atomic E-state index is 0.261. The van der Waals surface area contributed by atoms with E-state index in [0.717, 1.165) is 35.6 Å². The Bertz CT molecular complexity index is 652. The maximum atomic E-state index is 12.1. The van der Waals surface area contributed by atoms with E-state index in [0.29, 0.717) is 23.8 Å². The van der Waals surface area contributed by atoms with E-state index >= 15 is 0 Å². The first kappa shape index (κ1) is 21.1. The van der Waals surface area contributed by atoms with Gasteiger partial charge in [-0.15, -0.1) is 11.3 Å². The van der Waals surface area contributed by atoms with Gasteiger partial charge in [0.05, 0.1) is 27.6 Å². The Balaban J connectivity index is 1.62. The quantitative estimate of drug-likeness (QED) is 0.563. The molecule has 2 fully saturated rings. The monoisotopic (exact) mass is 458 g/mol. The number of anilines is 1. The summed E-state index contributed by atoms with van der Waals surface area (Å²) in [5.74, 6) is -0.261. The van der Waals surface area contributed by atoms with Crippen molar-refractivity contribution < 1.29 is 14.3 Å². The highest BCUT2D eigenvalue weighted by Crippen LogP contribution is 2.42. The van der Waals surface area contributed by atoms with Crippen molar-refractivity contribution >= 4 is 38.2 Å². The van der Waals surface area contributed by atoms with Gasteiger partial charge in [-0.3, -0.25) is 4.90 Å². The molecule has 152 valence electrons. The lowest BCUT2D eigenvalue weighted by molar-refractivity contribution is -0.0738. The lowest BCUT2D eigenvalue weighted by Crippen LogP contribution is -2.57. The number of halogens is 1. The number of likely N-dealkylation sites (tertiary alicyclic amines) is 1. The summed E-state index contributed by atoms with van der Waals surface area (Å²) in [5, 5.41) is 1.20. The minimum Gasteiger partial charge on any atom is -0.465 e. The van der Waals surface area contributed by atoms with Gasteiger partial charge in [0.25, 0.3) is 0 Å². The van der Waals surface area contributed by atoms with E-state index in [9.17, 15) is 4.79 Å². The molecule has 1 aliphatic heterocycles. The largest absolute Gasteiger partial charge is 0.465 e. The summed E-state index contributed by atoms with van der Waals surface area (Å²) in [7, 11) is 1.44. The van der Waals surface area contributed by atoms with Crippen LogP contribution in [0.25, 0.3) is 0 Å². The van der Waals surface area contributed by atoms with E-state index in [1.165, 1.54) is 37.8 Å². The average molecular weight is 459 g/mol. The molecule has 1 aliphatic carbocycles. The maximum absolute atomic E-state index is 12.1. The van der Waals surface area contributed by atoms with Crippen molar-refractivity contribution in [3.63, 3.8) is 0 Å². The molecule has 1 saturated carbocycles. The van der Waals surface area contributed by atoms with Crippen LogP contribution < -0.4 is 4.90 Å². The van der Waals surface area contributed by atoms with Gasteiger partial charge >= 0.3 is 5.97 Å². The molecule has 0 unspecified atom stereocenters. The number of hydrogen-bond donors (Lipinski definition) is 0. The standard InChI is InChI=1S/C20H31BrN2O3S/c1-5-23(19-13(3)17(18(21)27-19)20(24)25-4)15-9-7-14(8-10-15)22-11-16(12-22)26-6-2/h14-16H,5-12H2,1-4H3. The number of hydrogen-bond acceptors (Lipinski definition) is 6. The van der Waals surface area contributed by atoms with Crippen LogP contribution in [-0.4, -0.2) is 62.4 Å². The summed E-state index contributed by atoms with van der Waals surface area (Å²) in [6.45, 7) is 10.3. The molecule has 2 heterocycles. The van der Waals surface area contributed by atoms with Crippen LogP contribution in [0.2, 0.25) is 0 Å². The highest BCUT2D eigenvalue weighted by Gasteiger charge is 2.36. The highest BCUT2D eigenvalue weighted by molar-refractivity contribution is 9.11. The smallest absolute Gasteiger partial charge is 0.340 e. The van der Waals surface area contributed by atoms with Gasteiger partial charge in [-0.05, 0) is 67.9 Å². The Hall–Kier alpha value is -0.630. The van der Waals surface area contributed by atoms with Crippen molar-refractivity contribution in [3.05, 3.63) is 14.9 Å². The normalized spacial score (nSPS) is 23.9. The second-order valence-electron chi connectivity index (χ2n) is 7.45. The fraction of sp³-hybridized carbons (Fsp3) is 0.750. The summed E-state index contributed by atoms with van der Waals surface area (Å²) in [4.78, 5) is 17.2. The molecule has 0 bridgehead atoms. The van der Waals surface area contributed by atoms with Gasteiger partial charge in [0.2, 0.25) is 0 Å². The number of carbonyl (C=O) groups is 1. The molecule has 0 spiro atoms. The summed E-state index contributed by atoms with van der Waals surface area (Å²) in [6, 6.07) is 1.25. The SMILES string of the molecule is CCOC1CN(C2CCC(N(CC)c3sc(Br)c(C(=O)OC)c3C)CC2)C1. The Morgan fingerprint density at radius 2 is 1.93 bits per heavy atom. The predicted molar refractivity (Wildman–Crippen MR) is 114 cm³/mol. The van der Waals surface area contributed by atoms with Crippen LogP contribution in [0.15, 0.2) is 3.79 Å². The zero-order valence-electron chi connectivity index (χ0n) is 16.8. The molecule has 1 aromatic rings. The van der Waals surface area contributed by atoms with Crippen molar-refractivity contribution in [2.45, 2.75) is 64.6 Å². The van der Waals surface area contributed by atoms with E-state index in [1.54, 1.807) is 11.3 Å². The van der Waals surface area contributed by atoms with E-state index in [4.69, 9.17) is 9.47 Å². The summed E-state index contributed by atoms with van der Waals surface area (Å²) in [6.07, 6.45) is 5.35. The third kappa shape index (κ3) is 4.36. The first-order chi connectivity index (χ1) is 13.0. The molecule has 3 rings (SSSR count). The summed E-state index contributed by atoms with van der Waals surface area (Å²) >= 11 is 5.22. The van der Waals surface area contributed by atoms with E-state index < -0.39 is 0 Å². The molecule has 5 nitrogen and oxygen atoms in total. The first-order valence-electron chi connectivity index (χ1n) is 9.99. The van der Waals surface area contributed by atoms with Gasteiger partial charge in [0, 0.05) is 38.3 Å². The van der Waals surface area contributed by atoms with Gasteiger partial charge in [-0.1, -0.05) is 0 Å². The second kappa shape index (κ2) is 9.25. The van der Waals surface area contributed by atoms with Crippen molar-refractivity contribution in [1.82, 2.24) is 4.90 Å². The molecular weight excluding hydrogens is 428 g/mol. The van der Waals surface area contributed by atoms with Crippen LogP contribution in [0.5, 0.6) is 0 Å². The van der Waals surface area contributed by atoms with Crippen LogP contribution in [0.1, 0.15) is 55.5 Å². The number of thiophene rings is 1. The molecule has 0 radical (unpaired) electrons. The number of carbonyl (C=O) groups excluding carboxylic acids is 1. The molecule has 0 N–H and O–H groups in total. The van der Waals surface area contributed by atoms with E-state index in [-0.39, 0.29) is 5.97 Å². The van der Waals surface area contributed by atoms with Crippen molar-refractivity contribution in [3.8, 4) is 0 Å². The molecule has 1 aromatic heterocycles. The van der Waals surface area contributed by atoms with Crippen LogP contribution in [-0.2, 0) is 9.47 Å². The first-order valence-corrected chi connectivity index (χ1v) is 11.6. The molecule has 0 amide bonds. The number of ether oxygens (including phenoxy) is 2. The predicted octanol–water partition coefficient (Wildman–Crippen LogP) is 4.46. The fourth-order valence-corrected chi connectivity index (χ4v) is 6.57. The Kier molecular flexibility index (Phi) is 7.22. The second-order valence-corrected chi connectivity index (χ2v) is 9.77. The molecule has 2 aliphatic rings. The van der Waals surface area contributed by atoms with Crippen LogP contribution >= 0.6 is 27.3 Å².